The first-order valence-corrected chi connectivity index (χ1v) is 4.99. The maximum absolute atomic E-state index is 11.4. The molecule has 1 aromatic rings. The molecule has 1 heterocycles. The number of carbonyl (C=O) groups excluding carboxylic acids is 1. The molecule has 0 fully saturated rings. The Bertz CT molecular complexity index is 394. The van der Waals surface area contributed by atoms with Crippen molar-refractivity contribution in [1.82, 2.24) is 4.98 Å². The molecule has 0 aromatic carbocycles. The van der Waals surface area contributed by atoms with Gasteiger partial charge in [-0.25, -0.2) is 9.78 Å². The summed E-state index contributed by atoms with van der Waals surface area (Å²) in [5, 5.41) is 2.55. The van der Waals surface area contributed by atoms with Gasteiger partial charge < -0.3 is 4.74 Å². The lowest BCUT2D eigenvalue weighted by molar-refractivity contribution is 0.0635. The van der Waals surface area contributed by atoms with E-state index in [4.69, 9.17) is 4.74 Å². The highest BCUT2D eigenvalue weighted by molar-refractivity contribution is 5.83. The topological polar surface area (TPSA) is 51.2 Å². The van der Waals surface area contributed by atoms with Crippen LogP contribution in [0.25, 0.3) is 6.08 Å². The fourth-order valence-electron chi connectivity index (χ4n) is 1.05. The molecular weight excluding hydrogens is 204 g/mol. The number of carbonyl (C=O) groups is 1. The normalized spacial score (nSPS) is 10.7. The van der Waals surface area contributed by atoms with Crippen LogP contribution in [-0.4, -0.2) is 16.7 Å². The summed E-state index contributed by atoms with van der Waals surface area (Å²) in [4.78, 5) is 15.4. The Morgan fingerprint density at radius 2 is 2.25 bits per heavy atom. The molecule has 86 valence electrons. The van der Waals surface area contributed by atoms with Gasteiger partial charge in [-0.15, -0.1) is 0 Å². The Hall–Kier alpha value is -1.84. The number of aromatic nitrogens is 1. The number of hydrogen-bond acceptors (Lipinski definition) is 3. The highest BCUT2D eigenvalue weighted by Crippen LogP contribution is 2.11. The van der Waals surface area contributed by atoms with E-state index in [0.29, 0.717) is 5.82 Å². The van der Waals surface area contributed by atoms with E-state index in [-0.39, 0.29) is 0 Å². The third-order valence-electron chi connectivity index (χ3n) is 1.65. The van der Waals surface area contributed by atoms with Crippen molar-refractivity contribution < 1.29 is 9.53 Å². The predicted octanol–water partition coefficient (Wildman–Crippen LogP) is 3.07. The summed E-state index contributed by atoms with van der Waals surface area (Å²) in [7, 11) is 0. The van der Waals surface area contributed by atoms with Crippen LogP contribution in [0.3, 0.4) is 0 Å². The quantitative estimate of drug-likeness (QED) is 0.833. The molecule has 1 aromatic heterocycles. The van der Waals surface area contributed by atoms with Gasteiger partial charge in [0.25, 0.3) is 0 Å². The highest BCUT2D eigenvalue weighted by atomic mass is 16.6. The number of ether oxygens (including phenoxy) is 1. The van der Waals surface area contributed by atoms with Crippen molar-refractivity contribution in [3.8, 4) is 0 Å². The Labute approximate surface area is 95.3 Å². The third-order valence-corrected chi connectivity index (χ3v) is 1.65. The Morgan fingerprint density at radius 1 is 1.56 bits per heavy atom. The van der Waals surface area contributed by atoms with E-state index < -0.39 is 11.7 Å². The highest BCUT2D eigenvalue weighted by Gasteiger charge is 2.16. The second-order valence-corrected chi connectivity index (χ2v) is 4.31. The van der Waals surface area contributed by atoms with Crippen molar-refractivity contribution in [2.45, 2.75) is 26.4 Å². The molecule has 0 atom stereocenters. The van der Waals surface area contributed by atoms with Crippen LogP contribution in [0.4, 0.5) is 10.6 Å². The SMILES string of the molecule is C=Cc1ccnc(NC(=O)OC(C)(C)C)c1. The molecular formula is C12H16N2O2. The van der Waals surface area contributed by atoms with Gasteiger partial charge in [-0.1, -0.05) is 12.7 Å². The number of rotatable bonds is 2. The monoisotopic (exact) mass is 220 g/mol. The maximum Gasteiger partial charge on any atom is 0.413 e. The van der Waals surface area contributed by atoms with Gasteiger partial charge in [0.1, 0.15) is 11.4 Å². The van der Waals surface area contributed by atoms with E-state index >= 15 is 0 Å². The van der Waals surface area contributed by atoms with Gasteiger partial charge in [-0.2, -0.15) is 0 Å². The van der Waals surface area contributed by atoms with Crippen LogP contribution in [0.2, 0.25) is 0 Å². The van der Waals surface area contributed by atoms with E-state index in [0.717, 1.165) is 5.56 Å². The Morgan fingerprint density at radius 3 is 2.81 bits per heavy atom. The van der Waals surface area contributed by atoms with E-state index in [1.165, 1.54) is 0 Å². The molecule has 0 aliphatic carbocycles. The number of nitrogens with one attached hydrogen (secondary N) is 1. The van der Waals surface area contributed by atoms with Crippen LogP contribution < -0.4 is 5.32 Å². The fourth-order valence-corrected chi connectivity index (χ4v) is 1.05. The molecule has 0 aliphatic heterocycles. The van der Waals surface area contributed by atoms with Crippen LogP contribution in [0.5, 0.6) is 0 Å². The van der Waals surface area contributed by atoms with Crippen molar-refractivity contribution in [3.63, 3.8) is 0 Å². The Kier molecular flexibility index (Phi) is 3.66. The minimum atomic E-state index is -0.514. The number of pyridine rings is 1. The largest absolute Gasteiger partial charge is 0.444 e. The molecule has 0 radical (unpaired) electrons. The minimum Gasteiger partial charge on any atom is -0.444 e. The van der Waals surface area contributed by atoms with Crippen LogP contribution in [0.1, 0.15) is 26.3 Å². The summed E-state index contributed by atoms with van der Waals surface area (Å²) in [6.07, 6.45) is 2.77. The summed E-state index contributed by atoms with van der Waals surface area (Å²) in [5.74, 6) is 0.451. The summed E-state index contributed by atoms with van der Waals surface area (Å²) >= 11 is 0. The first-order chi connectivity index (χ1) is 7.40. The van der Waals surface area contributed by atoms with E-state index in [1.807, 2.05) is 0 Å². The van der Waals surface area contributed by atoms with Crippen molar-refractivity contribution in [2.24, 2.45) is 0 Å². The summed E-state index contributed by atoms with van der Waals surface area (Å²) in [5.41, 5.74) is 0.376. The first-order valence-electron chi connectivity index (χ1n) is 4.99. The smallest absolute Gasteiger partial charge is 0.413 e. The zero-order chi connectivity index (χ0) is 12.2. The minimum absolute atomic E-state index is 0.451. The van der Waals surface area contributed by atoms with Gasteiger partial charge in [0.05, 0.1) is 0 Å². The molecule has 1 rings (SSSR count). The summed E-state index contributed by atoms with van der Waals surface area (Å²) in [6, 6.07) is 3.52. The first kappa shape index (κ1) is 12.2. The molecule has 0 saturated heterocycles. The van der Waals surface area contributed by atoms with Gasteiger partial charge in [0.15, 0.2) is 0 Å². The predicted molar refractivity (Wildman–Crippen MR) is 64.2 cm³/mol. The fraction of sp³-hybridized carbons (Fsp3) is 0.333. The number of nitrogens with zero attached hydrogens (tertiary/aromatic N) is 1. The lowest BCUT2D eigenvalue weighted by Gasteiger charge is -2.19. The van der Waals surface area contributed by atoms with E-state index in [1.54, 1.807) is 45.2 Å². The van der Waals surface area contributed by atoms with Crippen LogP contribution in [0.15, 0.2) is 24.9 Å². The zero-order valence-corrected chi connectivity index (χ0v) is 9.78. The standard InChI is InChI=1S/C12H16N2O2/c1-5-9-6-7-13-10(8-9)14-11(15)16-12(2,3)4/h5-8H,1H2,2-4H3,(H,13,14,15). The molecule has 0 unspecified atom stereocenters. The summed E-state index contributed by atoms with van der Waals surface area (Å²) < 4.78 is 5.10. The zero-order valence-electron chi connectivity index (χ0n) is 9.78. The second kappa shape index (κ2) is 4.79. The average Bonchev–Trinajstić information content (AvgIpc) is 2.15. The maximum atomic E-state index is 11.4. The lowest BCUT2D eigenvalue weighted by atomic mass is 10.2. The molecule has 4 nitrogen and oxygen atoms in total. The van der Waals surface area contributed by atoms with Gasteiger partial charge in [0, 0.05) is 6.20 Å². The Balaban J connectivity index is 2.66. The average molecular weight is 220 g/mol. The molecule has 1 N–H and O–H groups in total. The third kappa shape index (κ3) is 4.13. The van der Waals surface area contributed by atoms with E-state index in [2.05, 4.69) is 16.9 Å². The van der Waals surface area contributed by atoms with Gasteiger partial charge in [-0.3, -0.25) is 5.32 Å². The molecule has 0 spiro atoms. The lowest BCUT2D eigenvalue weighted by Crippen LogP contribution is -2.27. The van der Waals surface area contributed by atoms with Crippen molar-refractivity contribution in [1.29, 1.82) is 0 Å². The van der Waals surface area contributed by atoms with Crippen molar-refractivity contribution in [2.75, 3.05) is 5.32 Å². The molecule has 0 bridgehead atoms. The molecule has 4 heteroatoms. The van der Waals surface area contributed by atoms with Crippen molar-refractivity contribution in [3.05, 3.63) is 30.5 Å². The van der Waals surface area contributed by atoms with Gasteiger partial charge >= 0.3 is 6.09 Å². The van der Waals surface area contributed by atoms with Crippen LogP contribution in [-0.2, 0) is 4.74 Å². The molecule has 16 heavy (non-hydrogen) atoms. The van der Waals surface area contributed by atoms with E-state index in [9.17, 15) is 4.79 Å². The van der Waals surface area contributed by atoms with Gasteiger partial charge in [-0.05, 0) is 38.5 Å². The molecule has 0 aliphatic rings. The van der Waals surface area contributed by atoms with Crippen molar-refractivity contribution >= 4 is 18.0 Å². The summed E-state index contributed by atoms with van der Waals surface area (Å²) in [6.45, 7) is 9.06. The number of hydrogen-bond donors (Lipinski definition) is 1. The van der Waals surface area contributed by atoms with Crippen LogP contribution in [0, 0.1) is 0 Å². The number of anilines is 1. The number of amides is 1. The van der Waals surface area contributed by atoms with Gasteiger partial charge in [0.2, 0.25) is 0 Å². The molecule has 0 saturated carbocycles. The second-order valence-electron chi connectivity index (χ2n) is 4.31. The van der Waals surface area contributed by atoms with Crippen LogP contribution >= 0.6 is 0 Å². The molecule has 1 amide bonds.